The maximum Gasteiger partial charge on any atom is 0.164 e. The quantitative estimate of drug-likeness (QED) is 0.143. The van der Waals surface area contributed by atoms with Crippen molar-refractivity contribution in [3.63, 3.8) is 0 Å². The van der Waals surface area contributed by atoms with Crippen molar-refractivity contribution in [2.24, 2.45) is 0 Å². The lowest BCUT2D eigenvalue weighted by Gasteiger charge is -2.15. The molecule has 2 aromatic heterocycles. The molecule has 0 saturated carbocycles. The zero-order valence-electron chi connectivity index (χ0n) is 33.3. The summed E-state index contributed by atoms with van der Waals surface area (Å²) in [5, 5.41) is 9.72. The lowest BCUT2D eigenvalue weighted by atomic mass is 9.90. The van der Waals surface area contributed by atoms with E-state index >= 15 is 0 Å². The highest BCUT2D eigenvalue weighted by Gasteiger charge is 2.17. The van der Waals surface area contributed by atoms with Gasteiger partial charge in [-0.05, 0) is 57.6 Å². The van der Waals surface area contributed by atoms with Gasteiger partial charge in [0.2, 0.25) is 0 Å². The Bertz CT molecular complexity index is 3110. The normalized spacial score (nSPS) is 10.9. The molecule has 7 nitrogen and oxygen atoms in total. The van der Waals surface area contributed by atoms with Crippen molar-refractivity contribution in [2.75, 3.05) is 0 Å². The summed E-state index contributed by atoms with van der Waals surface area (Å²) in [7, 11) is 0. The van der Waals surface area contributed by atoms with Gasteiger partial charge in [-0.3, -0.25) is 0 Å². The van der Waals surface area contributed by atoms with Gasteiger partial charge in [0.25, 0.3) is 0 Å². The molecule has 0 atom stereocenters. The molecular weight excluding hydrogens is 759 g/mol. The molecule has 0 unspecified atom stereocenters. The maximum atomic E-state index is 9.72. The molecule has 0 aliphatic rings. The summed E-state index contributed by atoms with van der Waals surface area (Å²) in [6, 6.07) is 73.1. The van der Waals surface area contributed by atoms with Crippen LogP contribution in [0.5, 0.6) is 0 Å². The van der Waals surface area contributed by atoms with Crippen LogP contribution >= 0.6 is 0 Å². The van der Waals surface area contributed by atoms with E-state index < -0.39 is 0 Å². The molecule has 0 spiro atoms. The van der Waals surface area contributed by atoms with Crippen LogP contribution in [-0.2, 0) is 0 Å². The molecule has 0 N–H and O–H groups in total. The van der Waals surface area contributed by atoms with Crippen LogP contribution in [0.3, 0.4) is 0 Å². The van der Waals surface area contributed by atoms with Gasteiger partial charge in [0.05, 0.1) is 11.6 Å². The molecule has 0 saturated heterocycles. The molecule has 10 aromatic rings. The first-order valence-electron chi connectivity index (χ1n) is 20.3. The Morgan fingerprint density at radius 1 is 0.242 bits per heavy atom. The molecule has 290 valence electrons. The lowest BCUT2D eigenvalue weighted by molar-refractivity contribution is 1.07. The van der Waals surface area contributed by atoms with Crippen LogP contribution < -0.4 is 0 Å². The summed E-state index contributed by atoms with van der Waals surface area (Å²) < 4.78 is 0. The molecule has 7 heteroatoms. The summed E-state index contributed by atoms with van der Waals surface area (Å²) in [5.74, 6) is 3.60. The maximum absolute atomic E-state index is 9.72. The van der Waals surface area contributed by atoms with Crippen molar-refractivity contribution in [2.45, 2.75) is 0 Å². The van der Waals surface area contributed by atoms with Crippen molar-refractivity contribution in [1.29, 1.82) is 5.26 Å². The van der Waals surface area contributed by atoms with E-state index in [9.17, 15) is 5.26 Å². The van der Waals surface area contributed by atoms with Crippen molar-refractivity contribution in [3.8, 4) is 108 Å². The van der Waals surface area contributed by atoms with Crippen molar-refractivity contribution in [1.82, 2.24) is 29.9 Å². The topological polar surface area (TPSA) is 101 Å². The second kappa shape index (κ2) is 16.9. The van der Waals surface area contributed by atoms with Crippen LogP contribution in [-0.4, -0.2) is 29.9 Å². The number of hydrogen-bond acceptors (Lipinski definition) is 7. The van der Waals surface area contributed by atoms with Gasteiger partial charge in [-0.25, -0.2) is 29.9 Å². The minimum atomic E-state index is 0.581. The van der Waals surface area contributed by atoms with Gasteiger partial charge in [0.1, 0.15) is 0 Å². The zero-order valence-corrected chi connectivity index (χ0v) is 33.3. The van der Waals surface area contributed by atoms with Gasteiger partial charge < -0.3 is 0 Å². The van der Waals surface area contributed by atoms with Gasteiger partial charge >= 0.3 is 0 Å². The van der Waals surface area contributed by atoms with Gasteiger partial charge in [0.15, 0.2) is 34.9 Å². The third-order valence-electron chi connectivity index (χ3n) is 10.6. The van der Waals surface area contributed by atoms with Crippen LogP contribution in [0.2, 0.25) is 0 Å². The molecule has 8 aromatic carbocycles. The zero-order chi connectivity index (χ0) is 41.7. The summed E-state index contributed by atoms with van der Waals surface area (Å²) in [5.41, 5.74) is 12.0. The van der Waals surface area contributed by atoms with Crippen molar-refractivity contribution < 1.29 is 0 Å². The van der Waals surface area contributed by atoms with Gasteiger partial charge in [-0.2, -0.15) is 5.26 Å². The monoisotopic (exact) mass is 793 g/mol. The largest absolute Gasteiger partial charge is 0.208 e. The van der Waals surface area contributed by atoms with Gasteiger partial charge in [-0.15, -0.1) is 0 Å². The lowest BCUT2D eigenvalue weighted by Crippen LogP contribution is -2.00. The summed E-state index contributed by atoms with van der Waals surface area (Å²) >= 11 is 0. The van der Waals surface area contributed by atoms with Gasteiger partial charge in [-0.1, -0.05) is 188 Å². The van der Waals surface area contributed by atoms with E-state index in [2.05, 4.69) is 60.7 Å². The third-order valence-corrected chi connectivity index (χ3v) is 10.6. The van der Waals surface area contributed by atoms with Crippen molar-refractivity contribution >= 4 is 0 Å². The predicted molar refractivity (Wildman–Crippen MR) is 247 cm³/mol. The van der Waals surface area contributed by atoms with E-state index in [1.165, 1.54) is 0 Å². The van der Waals surface area contributed by atoms with Crippen molar-refractivity contribution in [3.05, 3.63) is 218 Å². The number of rotatable bonds is 9. The number of nitrogens with zero attached hydrogens (tertiary/aromatic N) is 7. The average Bonchev–Trinajstić information content (AvgIpc) is 3.37. The predicted octanol–water partition coefficient (Wildman–Crippen LogP) is 12.9. The van der Waals surface area contributed by atoms with Crippen LogP contribution in [0.15, 0.2) is 212 Å². The first kappa shape index (κ1) is 37.5. The minimum absolute atomic E-state index is 0.581. The summed E-state index contributed by atoms with van der Waals surface area (Å²) in [6.45, 7) is 0. The number of benzene rings is 8. The molecule has 0 amide bonds. The fourth-order valence-electron chi connectivity index (χ4n) is 7.48. The van der Waals surface area contributed by atoms with E-state index in [1.54, 1.807) is 0 Å². The minimum Gasteiger partial charge on any atom is -0.208 e. The fourth-order valence-corrected chi connectivity index (χ4v) is 7.48. The number of hydrogen-bond donors (Lipinski definition) is 0. The van der Waals surface area contributed by atoms with Crippen LogP contribution in [0, 0.1) is 11.3 Å². The van der Waals surface area contributed by atoms with E-state index in [-0.39, 0.29) is 0 Å². The molecule has 0 aliphatic heterocycles. The van der Waals surface area contributed by atoms with E-state index in [1.807, 2.05) is 158 Å². The number of aromatic nitrogens is 6. The van der Waals surface area contributed by atoms with Gasteiger partial charge in [0, 0.05) is 33.4 Å². The third kappa shape index (κ3) is 7.87. The molecule has 0 fully saturated rings. The standard InChI is InChI=1S/C55H35N7/c56-36-37-15-13-24-44(33-37)45-31-32-48(46-25-14-26-47(34-46)55-61-52(41-20-9-3-10-21-41)58-53(62-55)42-22-11-4-12-23-42)49(35-45)38-27-29-43(30-28-38)54-59-50(39-16-5-1-6-17-39)57-51(60-54)40-18-7-2-8-19-40/h1-35H. The fraction of sp³-hybridized carbons (Fsp3) is 0. The Morgan fingerprint density at radius 2 is 0.581 bits per heavy atom. The Morgan fingerprint density at radius 3 is 1.05 bits per heavy atom. The molecule has 2 heterocycles. The molecular formula is C55H35N7. The Hall–Kier alpha value is -8.73. The molecule has 0 bridgehead atoms. The first-order chi connectivity index (χ1) is 30.6. The highest BCUT2D eigenvalue weighted by atomic mass is 15.0. The first-order valence-corrected chi connectivity index (χ1v) is 20.3. The Labute approximate surface area is 359 Å². The van der Waals surface area contributed by atoms with Crippen LogP contribution in [0.25, 0.3) is 102 Å². The van der Waals surface area contributed by atoms with Crippen LogP contribution in [0.1, 0.15) is 5.56 Å². The average molecular weight is 794 g/mol. The molecule has 10 rings (SSSR count). The Kier molecular flexibility index (Phi) is 10.2. The molecule has 0 aliphatic carbocycles. The summed E-state index contributed by atoms with van der Waals surface area (Å²) in [6.07, 6.45) is 0. The van der Waals surface area contributed by atoms with Crippen LogP contribution in [0.4, 0.5) is 0 Å². The Balaban J connectivity index is 1.09. The second-order valence-electron chi connectivity index (χ2n) is 14.7. The molecule has 62 heavy (non-hydrogen) atoms. The van der Waals surface area contributed by atoms with E-state index in [0.717, 1.165) is 66.8 Å². The SMILES string of the molecule is N#Cc1cccc(-c2ccc(-c3cccc(-c4nc(-c5ccccc5)nc(-c5ccccc5)n4)c3)c(-c3ccc(-c4nc(-c5ccccc5)nc(-c5ccccc5)n4)cc3)c2)c1. The number of nitriles is 1. The smallest absolute Gasteiger partial charge is 0.164 e. The highest BCUT2D eigenvalue weighted by molar-refractivity contribution is 5.89. The molecule has 0 radical (unpaired) electrons. The van der Waals surface area contributed by atoms with E-state index in [4.69, 9.17) is 29.9 Å². The highest BCUT2D eigenvalue weighted by Crippen LogP contribution is 2.38. The summed E-state index contributed by atoms with van der Waals surface area (Å²) in [4.78, 5) is 29.7. The van der Waals surface area contributed by atoms with E-state index in [0.29, 0.717) is 40.5 Å². The second-order valence-corrected chi connectivity index (χ2v) is 14.7.